The van der Waals surface area contributed by atoms with Crippen molar-refractivity contribution >= 4 is 0 Å². The van der Waals surface area contributed by atoms with Gasteiger partial charge >= 0.3 is 0 Å². The fourth-order valence-electron chi connectivity index (χ4n) is 1.74. The van der Waals surface area contributed by atoms with Crippen LogP contribution in [0.1, 0.15) is 32.6 Å². The van der Waals surface area contributed by atoms with Crippen LogP contribution < -0.4 is 0 Å². The van der Waals surface area contributed by atoms with Crippen LogP contribution in [0.15, 0.2) is 35.5 Å². The second-order valence-electron chi connectivity index (χ2n) is 4.59. The lowest BCUT2D eigenvalue weighted by Crippen LogP contribution is -2.02. The number of rotatable bonds is 4. The number of allylic oxidation sites excluding steroid dienone is 4. The quantitative estimate of drug-likeness (QED) is 0.679. The zero-order valence-electron chi connectivity index (χ0n) is 9.54. The van der Waals surface area contributed by atoms with E-state index < -0.39 is 0 Å². The third kappa shape index (κ3) is 3.67. The summed E-state index contributed by atoms with van der Waals surface area (Å²) in [6.07, 6.45) is 13.7. The third-order valence-electron chi connectivity index (χ3n) is 3.09. The predicted octanol–water partition coefficient (Wildman–Crippen LogP) is 3.64. The molecule has 15 heavy (non-hydrogen) atoms. The lowest BCUT2D eigenvalue weighted by molar-refractivity contribution is 0.146. The molecule has 0 amide bonds. The molecule has 0 aromatic carbocycles. The molecule has 2 aliphatic carbocycles. The summed E-state index contributed by atoms with van der Waals surface area (Å²) in [6.45, 7) is 3.98. The molecule has 0 radical (unpaired) electrons. The Balaban J connectivity index is 1.85. The Hall–Kier alpha value is -0.820. The normalized spacial score (nSPS) is 21.7. The maximum Gasteiger partial charge on any atom is 0.0716 e. The largest absolute Gasteiger partial charge is 0.376 e. The molecule has 0 unspecified atom stereocenters. The van der Waals surface area contributed by atoms with E-state index in [4.69, 9.17) is 4.74 Å². The second kappa shape index (κ2) is 5.32. The molecule has 0 saturated heterocycles. The van der Waals surface area contributed by atoms with Crippen molar-refractivity contribution in [2.24, 2.45) is 5.92 Å². The molecule has 0 heterocycles. The molecular formula is C14H20O. The van der Waals surface area contributed by atoms with E-state index in [1.54, 1.807) is 0 Å². The minimum absolute atomic E-state index is 0.798. The van der Waals surface area contributed by atoms with Crippen LogP contribution in [-0.4, -0.2) is 13.2 Å². The summed E-state index contributed by atoms with van der Waals surface area (Å²) in [5.74, 6) is 0.864. The van der Waals surface area contributed by atoms with Crippen molar-refractivity contribution in [3.8, 4) is 0 Å². The molecule has 0 N–H and O–H groups in total. The molecule has 1 heteroatoms. The molecule has 2 aliphatic rings. The van der Waals surface area contributed by atoms with Gasteiger partial charge in [0.05, 0.1) is 6.61 Å². The summed E-state index contributed by atoms with van der Waals surface area (Å²) >= 11 is 0. The average Bonchev–Trinajstić information content (AvgIpc) is 3.00. The second-order valence-corrected chi connectivity index (χ2v) is 4.59. The predicted molar refractivity (Wildman–Crippen MR) is 63.8 cm³/mol. The maximum atomic E-state index is 5.73. The van der Waals surface area contributed by atoms with Gasteiger partial charge in [-0.05, 0) is 44.1 Å². The van der Waals surface area contributed by atoms with Crippen molar-refractivity contribution < 1.29 is 4.74 Å². The molecule has 0 aliphatic heterocycles. The fourth-order valence-corrected chi connectivity index (χ4v) is 1.74. The zero-order chi connectivity index (χ0) is 10.5. The highest BCUT2D eigenvalue weighted by Crippen LogP contribution is 2.29. The Labute approximate surface area is 92.5 Å². The summed E-state index contributed by atoms with van der Waals surface area (Å²) in [4.78, 5) is 0. The maximum absolute atomic E-state index is 5.73. The molecule has 0 atom stereocenters. The highest BCUT2D eigenvalue weighted by atomic mass is 16.5. The van der Waals surface area contributed by atoms with Crippen LogP contribution in [0.5, 0.6) is 0 Å². The average molecular weight is 204 g/mol. The zero-order valence-corrected chi connectivity index (χ0v) is 9.54. The smallest absolute Gasteiger partial charge is 0.0716 e. The topological polar surface area (TPSA) is 9.23 Å². The monoisotopic (exact) mass is 204 g/mol. The molecule has 0 aromatic heterocycles. The molecule has 82 valence electrons. The molecule has 1 fully saturated rings. The summed E-state index contributed by atoms with van der Waals surface area (Å²) < 4.78 is 5.73. The summed E-state index contributed by atoms with van der Waals surface area (Å²) in [7, 11) is 0. The third-order valence-corrected chi connectivity index (χ3v) is 3.09. The van der Waals surface area contributed by atoms with Crippen molar-refractivity contribution in [3.05, 3.63) is 35.5 Å². The molecule has 0 bridgehead atoms. The van der Waals surface area contributed by atoms with Crippen molar-refractivity contribution in [3.63, 3.8) is 0 Å². The van der Waals surface area contributed by atoms with Gasteiger partial charge in [-0.25, -0.2) is 0 Å². The Bertz CT molecular complexity index is 292. The van der Waals surface area contributed by atoms with Gasteiger partial charge in [-0.2, -0.15) is 0 Å². The van der Waals surface area contributed by atoms with Crippen molar-refractivity contribution in [1.29, 1.82) is 0 Å². The number of ether oxygens (including phenoxy) is 1. The SMILES string of the molecule is CC1=C(COCC2CC2)C=CC=CCC1. The van der Waals surface area contributed by atoms with Crippen molar-refractivity contribution in [2.45, 2.75) is 32.6 Å². The molecular weight excluding hydrogens is 184 g/mol. The highest BCUT2D eigenvalue weighted by molar-refractivity contribution is 5.29. The van der Waals surface area contributed by atoms with Crippen LogP contribution in [-0.2, 0) is 4.74 Å². The Morgan fingerprint density at radius 1 is 1.33 bits per heavy atom. The van der Waals surface area contributed by atoms with E-state index >= 15 is 0 Å². The number of hydrogen-bond acceptors (Lipinski definition) is 1. The first-order chi connectivity index (χ1) is 7.36. The molecule has 1 nitrogen and oxygen atoms in total. The Morgan fingerprint density at radius 3 is 3.00 bits per heavy atom. The van der Waals surface area contributed by atoms with E-state index in [1.165, 1.54) is 30.4 Å². The highest BCUT2D eigenvalue weighted by Gasteiger charge is 2.21. The lowest BCUT2D eigenvalue weighted by atomic mass is 10.0. The Kier molecular flexibility index (Phi) is 3.79. The van der Waals surface area contributed by atoms with E-state index in [2.05, 4.69) is 31.2 Å². The van der Waals surface area contributed by atoms with Gasteiger partial charge in [0, 0.05) is 6.61 Å². The van der Waals surface area contributed by atoms with Crippen LogP contribution in [0.25, 0.3) is 0 Å². The van der Waals surface area contributed by atoms with Crippen LogP contribution >= 0.6 is 0 Å². The van der Waals surface area contributed by atoms with Crippen LogP contribution in [0.3, 0.4) is 0 Å². The van der Waals surface area contributed by atoms with Crippen LogP contribution in [0, 0.1) is 5.92 Å². The lowest BCUT2D eigenvalue weighted by Gasteiger charge is -2.10. The van der Waals surface area contributed by atoms with Gasteiger partial charge in [0.1, 0.15) is 0 Å². The molecule has 2 rings (SSSR count). The molecule has 1 saturated carbocycles. The Morgan fingerprint density at radius 2 is 2.20 bits per heavy atom. The van der Waals surface area contributed by atoms with Gasteiger partial charge in [-0.15, -0.1) is 0 Å². The minimum Gasteiger partial charge on any atom is -0.376 e. The molecule has 0 spiro atoms. The molecule has 0 aromatic rings. The van der Waals surface area contributed by atoms with Gasteiger partial charge in [0.25, 0.3) is 0 Å². The summed E-state index contributed by atoms with van der Waals surface area (Å²) in [5.41, 5.74) is 2.85. The van der Waals surface area contributed by atoms with Gasteiger partial charge in [-0.3, -0.25) is 0 Å². The summed E-state index contributed by atoms with van der Waals surface area (Å²) in [6, 6.07) is 0. The van der Waals surface area contributed by atoms with E-state index in [0.29, 0.717) is 0 Å². The standard InChI is InChI=1S/C14H20O/c1-12-6-4-2-3-5-7-14(12)11-15-10-13-8-9-13/h2-3,5,7,13H,4,6,8-11H2,1H3. The first-order valence-corrected chi connectivity index (χ1v) is 5.96. The van der Waals surface area contributed by atoms with E-state index in [1.807, 2.05) is 0 Å². The van der Waals surface area contributed by atoms with Gasteiger partial charge < -0.3 is 4.74 Å². The van der Waals surface area contributed by atoms with Gasteiger partial charge in [-0.1, -0.05) is 29.9 Å². The minimum atomic E-state index is 0.798. The van der Waals surface area contributed by atoms with Crippen molar-refractivity contribution in [1.82, 2.24) is 0 Å². The van der Waals surface area contributed by atoms with Crippen LogP contribution in [0.4, 0.5) is 0 Å². The van der Waals surface area contributed by atoms with Gasteiger partial charge in [0.15, 0.2) is 0 Å². The van der Waals surface area contributed by atoms with E-state index in [9.17, 15) is 0 Å². The van der Waals surface area contributed by atoms with Crippen molar-refractivity contribution in [2.75, 3.05) is 13.2 Å². The fraction of sp³-hybridized carbons (Fsp3) is 0.571. The van der Waals surface area contributed by atoms with E-state index in [0.717, 1.165) is 25.6 Å². The van der Waals surface area contributed by atoms with Crippen LogP contribution in [0.2, 0.25) is 0 Å². The first-order valence-electron chi connectivity index (χ1n) is 5.96. The van der Waals surface area contributed by atoms with Gasteiger partial charge in [0.2, 0.25) is 0 Å². The van der Waals surface area contributed by atoms with E-state index in [-0.39, 0.29) is 0 Å². The number of hydrogen-bond donors (Lipinski definition) is 0. The summed E-state index contributed by atoms with van der Waals surface area (Å²) in [5, 5.41) is 0. The first kappa shape index (κ1) is 10.7.